The van der Waals surface area contributed by atoms with Crippen LogP contribution in [0.2, 0.25) is 0 Å². The second kappa shape index (κ2) is 7.57. The summed E-state index contributed by atoms with van der Waals surface area (Å²) >= 11 is 0. The van der Waals surface area contributed by atoms with Crippen LogP contribution in [0.4, 0.5) is 0 Å². The van der Waals surface area contributed by atoms with Gasteiger partial charge in [0.25, 0.3) is 0 Å². The maximum atomic E-state index is 5.65. The first-order valence-electron chi connectivity index (χ1n) is 7.14. The SMILES string of the molecule is CCOCCCn1nnc(CCN)c1C1CCOC1. The van der Waals surface area contributed by atoms with E-state index in [1.165, 1.54) is 5.69 Å². The molecule has 0 bridgehead atoms. The van der Waals surface area contributed by atoms with Crippen LogP contribution in [0.25, 0.3) is 0 Å². The Morgan fingerprint density at radius 1 is 1.53 bits per heavy atom. The smallest absolute Gasteiger partial charge is 0.0875 e. The van der Waals surface area contributed by atoms with Crippen LogP contribution in [0, 0.1) is 0 Å². The number of ether oxygens (including phenoxy) is 2. The highest BCUT2D eigenvalue weighted by Crippen LogP contribution is 2.27. The van der Waals surface area contributed by atoms with E-state index in [1.807, 2.05) is 11.6 Å². The number of aromatic nitrogens is 3. The van der Waals surface area contributed by atoms with Crippen molar-refractivity contribution in [3.63, 3.8) is 0 Å². The van der Waals surface area contributed by atoms with Gasteiger partial charge >= 0.3 is 0 Å². The molecule has 0 radical (unpaired) electrons. The summed E-state index contributed by atoms with van der Waals surface area (Å²) in [6, 6.07) is 0. The fourth-order valence-electron chi connectivity index (χ4n) is 2.49. The maximum absolute atomic E-state index is 5.65. The minimum atomic E-state index is 0.420. The Morgan fingerprint density at radius 3 is 3.11 bits per heavy atom. The summed E-state index contributed by atoms with van der Waals surface area (Å²) in [6.07, 6.45) is 2.80. The van der Waals surface area contributed by atoms with Gasteiger partial charge in [-0.2, -0.15) is 0 Å². The van der Waals surface area contributed by atoms with Crippen LogP contribution in [0.15, 0.2) is 0 Å². The first-order valence-corrected chi connectivity index (χ1v) is 7.14. The molecule has 1 saturated heterocycles. The Morgan fingerprint density at radius 2 is 2.42 bits per heavy atom. The summed E-state index contributed by atoms with van der Waals surface area (Å²) in [4.78, 5) is 0. The molecule has 2 heterocycles. The van der Waals surface area contributed by atoms with E-state index >= 15 is 0 Å². The van der Waals surface area contributed by atoms with Crippen LogP contribution < -0.4 is 5.73 Å². The third-order valence-corrected chi connectivity index (χ3v) is 3.41. The minimum Gasteiger partial charge on any atom is -0.382 e. The molecule has 1 aromatic rings. The van der Waals surface area contributed by atoms with Crippen molar-refractivity contribution in [2.75, 3.05) is 33.0 Å². The summed E-state index contributed by atoms with van der Waals surface area (Å²) in [6.45, 7) is 6.60. The van der Waals surface area contributed by atoms with Gasteiger partial charge < -0.3 is 15.2 Å². The quantitative estimate of drug-likeness (QED) is 0.703. The van der Waals surface area contributed by atoms with Crippen molar-refractivity contribution in [2.45, 2.75) is 38.6 Å². The lowest BCUT2D eigenvalue weighted by Crippen LogP contribution is -2.14. The molecule has 1 aliphatic rings. The van der Waals surface area contributed by atoms with Gasteiger partial charge in [0.05, 0.1) is 18.0 Å². The van der Waals surface area contributed by atoms with Crippen molar-refractivity contribution >= 4 is 0 Å². The molecule has 0 amide bonds. The molecule has 0 spiro atoms. The first kappa shape index (κ1) is 14.4. The molecule has 6 nitrogen and oxygen atoms in total. The van der Waals surface area contributed by atoms with Gasteiger partial charge in [-0.3, -0.25) is 0 Å². The van der Waals surface area contributed by atoms with Gasteiger partial charge in [-0.25, -0.2) is 4.68 Å². The first-order chi connectivity index (χ1) is 9.36. The molecule has 1 fully saturated rings. The van der Waals surface area contributed by atoms with Crippen LogP contribution in [0.5, 0.6) is 0 Å². The molecule has 1 atom stereocenters. The van der Waals surface area contributed by atoms with Gasteiger partial charge in [-0.1, -0.05) is 5.21 Å². The predicted octanol–water partition coefficient (Wildman–Crippen LogP) is 0.710. The highest BCUT2D eigenvalue weighted by molar-refractivity contribution is 5.17. The Labute approximate surface area is 114 Å². The van der Waals surface area contributed by atoms with Gasteiger partial charge in [0, 0.05) is 38.7 Å². The number of nitrogens with zero attached hydrogens (tertiary/aromatic N) is 3. The zero-order valence-corrected chi connectivity index (χ0v) is 11.7. The molecule has 2 N–H and O–H groups in total. The number of hydrogen-bond donors (Lipinski definition) is 1. The number of nitrogens with two attached hydrogens (primary N) is 1. The monoisotopic (exact) mass is 268 g/mol. The van der Waals surface area contributed by atoms with Crippen molar-refractivity contribution in [1.82, 2.24) is 15.0 Å². The normalized spacial score (nSPS) is 19.2. The molecular formula is C13H24N4O2. The van der Waals surface area contributed by atoms with Gasteiger partial charge in [-0.05, 0) is 26.3 Å². The maximum Gasteiger partial charge on any atom is 0.0875 e. The lowest BCUT2D eigenvalue weighted by molar-refractivity contribution is 0.140. The van der Waals surface area contributed by atoms with Crippen LogP contribution >= 0.6 is 0 Å². The zero-order chi connectivity index (χ0) is 13.5. The highest BCUT2D eigenvalue weighted by Gasteiger charge is 2.25. The molecule has 1 aromatic heterocycles. The lowest BCUT2D eigenvalue weighted by atomic mass is 10.0. The Kier molecular flexibility index (Phi) is 5.75. The molecule has 1 aliphatic heterocycles. The van der Waals surface area contributed by atoms with Gasteiger partial charge in [0.2, 0.25) is 0 Å². The zero-order valence-electron chi connectivity index (χ0n) is 11.7. The molecular weight excluding hydrogens is 244 g/mol. The third-order valence-electron chi connectivity index (χ3n) is 3.41. The lowest BCUT2D eigenvalue weighted by Gasteiger charge is -2.12. The highest BCUT2D eigenvalue weighted by atomic mass is 16.5. The average molecular weight is 268 g/mol. The van der Waals surface area contributed by atoms with E-state index in [0.717, 1.165) is 57.9 Å². The number of rotatable bonds is 8. The van der Waals surface area contributed by atoms with Crippen molar-refractivity contribution in [2.24, 2.45) is 5.73 Å². The number of aryl methyl sites for hydroxylation is 1. The van der Waals surface area contributed by atoms with Crippen molar-refractivity contribution in [3.8, 4) is 0 Å². The molecule has 2 rings (SSSR count). The van der Waals surface area contributed by atoms with E-state index in [9.17, 15) is 0 Å². The Balaban J connectivity index is 2.03. The van der Waals surface area contributed by atoms with E-state index in [1.54, 1.807) is 0 Å². The Hall–Kier alpha value is -0.980. The van der Waals surface area contributed by atoms with E-state index in [0.29, 0.717) is 12.5 Å². The topological polar surface area (TPSA) is 75.2 Å². The van der Waals surface area contributed by atoms with Crippen LogP contribution in [-0.2, 0) is 22.4 Å². The van der Waals surface area contributed by atoms with E-state index in [4.69, 9.17) is 15.2 Å². The third kappa shape index (κ3) is 3.75. The molecule has 1 unspecified atom stereocenters. The molecule has 6 heteroatoms. The van der Waals surface area contributed by atoms with Gasteiger partial charge in [0.15, 0.2) is 0 Å². The molecule has 19 heavy (non-hydrogen) atoms. The molecule has 108 valence electrons. The second-order valence-corrected chi connectivity index (χ2v) is 4.79. The average Bonchev–Trinajstić information content (AvgIpc) is 3.04. The summed E-state index contributed by atoms with van der Waals surface area (Å²) in [5, 5.41) is 8.56. The van der Waals surface area contributed by atoms with E-state index in [-0.39, 0.29) is 0 Å². The van der Waals surface area contributed by atoms with Gasteiger partial charge in [0.1, 0.15) is 0 Å². The van der Waals surface area contributed by atoms with E-state index < -0.39 is 0 Å². The molecule has 0 aliphatic carbocycles. The van der Waals surface area contributed by atoms with E-state index in [2.05, 4.69) is 10.3 Å². The van der Waals surface area contributed by atoms with Crippen molar-refractivity contribution in [1.29, 1.82) is 0 Å². The summed E-state index contributed by atoms with van der Waals surface area (Å²) in [5.41, 5.74) is 7.91. The fraction of sp³-hybridized carbons (Fsp3) is 0.846. The Bertz CT molecular complexity index is 375. The second-order valence-electron chi connectivity index (χ2n) is 4.79. The van der Waals surface area contributed by atoms with Crippen molar-refractivity contribution < 1.29 is 9.47 Å². The summed E-state index contributed by atoms with van der Waals surface area (Å²) in [5.74, 6) is 0.420. The minimum absolute atomic E-state index is 0.420. The number of hydrogen-bond acceptors (Lipinski definition) is 5. The summed E-state index contributed by atoms with van der Waals surface area (Å²) < 4.78 is 12.9. The standard InChI is InChI=1S/C13H24N4O2/c1-2-18-8-3-7-17-13(11-5-9-19-10-11)12(4-6-14)15-16-17/h11H,2-10,14H2,1H3. The predicted molar refractivity (Wildman–Crippen MR) is 72.1 cm³/mol. The van der Waals surface area contributed by atoms with Crippen molar-refractivity contribution in [3.05, 3.63) is 11.4 Å². The molecule has 0 saturated carbocycles. The summed E-state index contributed by atoms with van der Waals surface area (Å²) in [7, 11) is 0. The van der Waals surface area contributed by atoms with Crippen LogP contribution in [-0.4, -0.2) is 48.0 Å². The van der Waals surface area contributed by atoms with Gasteiger partial charge in [-0.15, -0.1) is 5.10 Å². The largest absolute Gasteiger partial charge is 0.382 e. The van der Waals surface area contributed by atoms with Crippen LogP contribution in [0.3, 0.4) is 0 Å². The fourth-order valence-corrected chi connectivity index (χ4v) is 2.49. The molecule has 0 aromatic carbocycles. The van der Waals surface area contributed by atoms with Crippen LogP contribution in [0.1, 0.15) is 37.1 Å².